The quantitative estimate of drug-likeness (QED) is 0.223. The Kier molecular flexibility index (Phi) is 7.57. The molecule has 1 aliphatic heterocycles. The van der Waals surface area contributed by atoms with Crippen molar-refractivity contribution < 1.29 is 24.2 Å². The van der Waals surface area contributed by atoms with Crippen molar-refractivity contribution >= 4 is 57.9 Å². The van der Waals surface area contributed by atoms with Gasteiger partial charge in [0.25, 0.3) is 11.7 Å². The number of nitrogens with one attached hydrogen (secondary N) is 1. The highest BCUT2D eigenvalue weighted by molar-refractivity contribution is 6.52. The average molecular weight is 539 g/mol. The van der Waals surface area contributed by atoms with Crippen LogP contribution in [0.1, 0.15) is 36.6 Å². The van der Waals surface area contributed by atoms with Gasteiger partial charge in [-0.25, -0.2) is 0 Å². The summed E-state index contributed by atoms with van der Waals surface area (Å²) in [5, 5.41) is 14.3. The van der Waals surface area contributed by atoms with Gasteiger partial charge in [0.1, 0.15) is 5.76 Å². The Morgan fingerprint density at radius 3 is 2.27 bits per heavy atom. The van der Waals surface area contributed by atoms with E-state index in [4.69, 9.17) is 27.9 Å². The number of ether oxygens (including phenoxy) is 1. The van der Waals surface area contributed by atoms with Gasteiger partial charge in [-0.15, -0.1) is 0 Å². The summed E-state index contributed by atoms with van der Waals surface area (Å²) < 4.78 is 5.18. The van der Waals surface area contributed by atoms with Crippen LogP contribution in [-0.4, -0.2) is 29.8 Å². The number of aliphatic hydroxyl groups excluding tert-OH is 1. The number of carbonyl (C=O) groups excluding carboxylic acids is 3. The van der Waals surface area contributed by atoms with Crippen LogP contribution >= 0.6 is 23.2 Å². The van der Waals surface area contributed by atoms with Gasteiger partial charge in [0.15, 0.2) is 5.75 Å². The lowest BCUT2D eigenvalue weighted by molar-refractivity contribution is -0.132. The molecule has 2 amide bonds. The lowest BCUT2D eigenvalue weighted by atomic mass is 9.94. The number of hydrogen-bond donors (Lipinski definition) is 2. The number of Topliss-reactive ketones (excluding diaryl/α,β-unsaturated/α-hetero) is 1. The standard InChI is InChI=1S/C28H24Cl2N2O5/c1-4-16-8-10-17(11-9-16)24-23(25(34)18-12-21(29)27(37-3)22(30)13-18)26(35)28(36)32(24)20-7-5-6-19(14-20)31-15(2)33/h5-14,24,34H,4H2,1-3H3,(H,31,33)/b25-23+. The molecule has 4 rings (SSSR count). The summed E-state index contributed by atoms with van der Waals surface area (Å²) in [6, 6.07) is 15.9. The molecule has 2 N–H and O–H groups in total. The van der Waals surface area contributed by atoms with Crippen molar-refractivity contribution in [3.05, 3.63) is 93.0 Å². The third-order valence-electron chi connectivity index (χ3n) is 6.07. The van der Waals surface area contributed by atoms with Gasteiger partial charge >= 0.3 is 0 Å². The molecule has 1 atom stereocenters. The monoisotopic (exact) mass is 538 g/mol. The van der Waals surface area contributed by atoms with Gasteiger partial charge in [0.2, 0.25) is 5.91 Å². The van der Waals surface area contributed by atoms with Crippen LogP contribution in [0.3, 0.4) is 0 Å². The van der Waals surface area contributed by atoms with E-state index in [1.807, 2.05) is 31.2 Å². The Bertz CT molecular complexity index is 1410. The van der Waals surface area contributed by atoms with E-state index in [1.165, 1.54) is 31.1 Å². The summed E-state index contributed by atoms with van der Waals surface area (Å²) in [6.07, 6.45) is 0.808. The molecule has 7 nitrogen and oxygen atoms in total. The summed E-state index contributed by atoms with van der Waals surface area (Å²) >= 11 is 12.6. The lowest BCUT2D eigenvalue weighted by Gasteiger charge is -2.26. The fourth-order valence-corrected chi connectivity index (χ4v) is 4.98. The van der Waals surface area contributed by atoms with E-state index in [0.717, 1.165) is 12.0 Å². The number of carbonyl (C=O) groups is 3. The maximum Gasteiger partial charge on any atom is 0.300 e. The molecule has 1 fully saturated rings. The first kappa shape index (κ1) is 26.3. The van der Waals surface area contributed by atoms with Crippen molar-refractivity contribution in [1.82, 2.24) is 0 Å². The number of halogens is 2. The minimum Gasteiger partial charge on any atom is -0.507 e. The van der Waals surface area contributed by atoms with Crippen molar-refractivity contribution in [2.24, 2.45) is 0 Å². The number of aryl methyl sites for hydroxylation is 1. The van der Waals surface area contributed by atoms with E-state index in [9.17, 15) is 19.5 Å². The number of amides is 2. The number of aliphatic hydroxyl groups is 1. The summed E-state index contributed by atoms with van der Waals surface area (Å²) in [7, 11) is 1.41. The summed E-state index contributed by atoms with van der Waals surface area (Å²) in [5.74, 6) is -2.16. The Hall–Kier alpha value is -3.81. The Balaban J connectivity index is 1.93. The zero-order valence-electron chi connectivity index (χ0n) is 20.3. The first-order chi connectivity index (χ1) is 17.7. The smallest absolute Gasteiger partial charge is 0.300 e. The maximum absolute atomic E-state index is 13.4. The zero-order chi connectivity index (χ0) is 26.9. The molecule has 0 aromatic heterocycles. The van der Waals surface area contributed by atoms with E-state index in [2.05, 4.69) is 5.32 Å². The normalized spacial score (nSPS) is 16.7. The van der Waals surface area contributed by atoms with Gasteiger partial charge in [0, 0.05) is 23.9 Å². The molecule has 0 saturated carbocycles. The fraction of sp³-hybridized carbons (Fsp3) is 0.179. The van der Waals surface area contributed by atoms with Gasteiger partial charge in [-0.1, -0.05) is 60.5 Å². The minimum atomic E-state index is -0.946. The van der Waals surface area contributed by atoms with Crippen molar-refractivity contribution in [1.29, 1.82) is 0 Å². The van der Waals surface area contributed by atoms with Crippen molar-refractivity contribution in [3.63, 3.8) is 0 Å². The highest BCUT2D eigenvalue weighted by atomic mass is 35.5. The Morgan fingerprint density at radius 2 is 1.70 bits per heavy atom. The molecule has 190 valence electrons. The third-order valence-corrected chi connectivity index (χ3v) is 6.63. The average Bonchev–Trinajstić information content (AvgIpc) is 3.13. The van der Waals surface area contributed by atoms with Gasteiger partial charge in [-0.3, -0.25) is 19.3 Å². The summed E-state index contributed by atoms with van der Waals surface area (Å²) in [6.45, 7) is 3.39. The summed E-state index contributed by atoms with van der Waals surface area (Å²) in [4.78, 5) is 39.7. The Labute approximate surface area is 224 Å². The number of nitrogens with zero attached hydrogens (tertiary/aromatic N) is 1. The van der Waals surface area contributed by atoms with Crippen LogP contribution in [0.4, 0.5) is 11.4 Å². The predicted molar refractivity (Wildman–Crippen MR) is 144 cm³/mol. The van der Waals surface area contributed by atoms with Crippen LogP contribution in [0, 0.1) is 0 Å². The molecule has 0 bridgehead atoms. The van der Waals surface area contributed by atoms with Gasteiger partial charge in [-0.05, 0) is 47.9 Å². The van der Waals surface area contributed by atoms with Crippen LogP contribution in [0.25, 0.3) is 5.76 Å². The van der Waals surface area contributed by atoms with E-state index in [-0.39, 0.29) is 32.8 Å². The molecule has 3 aromatic carbocycles. The molecule has 0 radical (unpaired) electrons. The second-order valence-electron chi connectivity index (χ2n) is 8.47. The molecular weight excluding hydrogens is 515 g/mol. The molecule has 0 spiro atoms. The Morgan fingerprint density at radius 1 is 1.05 bits per heavy atom. The van der Waals surface area contributed by atoms with E-state index in [0.29, 0.717) is 16.9 Å². The maximum atomic E-state index is 13.4. The SMILES string of the molecule is CCc1ccc(C2/C(=C(\O)c3cc(Cl)c(OC)c(Cl)c3)C(=O)C(=O)N2c2cccc(NC(C)=O)c2)cc1. The highest BCUT2D eigenvalue weighted by Gasteiger charge is 2.47. The van der Waals surface area contributed by atoms with Crippen LogP contribution in [0.2, 0.25) is 10.0 Å². The van der Waals surface area contributed by atoms with Crippen molar-refractivity contribution in [2.75, 3.05) is 17.3 Å². The molecule has 1 heterocycles. The number of hydrogen-bond acceptors (Lipinski definition) is 5. The van der Waals surface area contributed by atoms with Gasteiger partial charge in [-0.2, -0.15) is 0 Å². The fourth-order valence-electron chi connectivity index (χ4n) is 4.33. The number of methoxy groups -OCH3 is 1. The van der Waals surface area contributed by atoms with Crippen LogP contribution in [0.15, 0.2) is 66.2 Å². The zero-order valence-corrected chi connectivity index (χ0v) is 21.9. The van der Waals surface area contributed by atoms with Gasteiger partial charge < -0.3 is 15.2 Å². The van der Waals surface area contributed by atoms with E-state index < -0.39 is 23.5 Å². The van der Waals surface area contributed by atoms with Crippen LogP contribution < -0.4 is 15.0 Å². The van der Waals surface area contributed by atoms with E-state index >= 15 is 0 Å². The molecule has 1 aliphatic rings. The number of rotatable bonds is 6. The second kappa shape index (κ2) is 10.7. The molecular formula is C28H24Cl2N2O5. The topological polar surface area (TPSA) is 95.9 Å². The van der Waals surface area contributed by atoms with Gasteiger partial charge in [0.05, 0.1) is 28.8 Å². The van der Waals surface area contributed by atoms with Crippen molar-refractivity contribution in [2.45, 2.75) is 26.3 Å². The van der Waals surface area contributed by atoms with Crippen LogP contribution in [-0.2, 0) is 20.8 Å². The first-order valence-electron chi connectivity index (χ1n) is 11.5. The molecule has 3 aromatic rings. The highest BCUT2D eigenvalue weighted by Crippen LogP contribution is 2.44. The first-order valence-corrected chi connectivity index (χ1v) is 12.2. The molecule has 0 aliphatic carbocycles. The number of anilines is 2. The minimum absolute atomic E-state index is 0.114. The molecule has 1 unspecified atom stereocenters. The van der Waals surface area contributed by atoms with Crippen molar-refractivity contribution in [3.8, 4) is 5.75 Å². The van der Waals surface area contributed by atoms with E-state index in [1.54, 1.807) is 24.3 Å². The van der Waals surface area contributed by atoms with Crippen LogP contribution in [0.5, 0.6) is 5.75 Å². The predicted octanol–water partition coefficient (Wildman–Crippen LogP) is 6.15. The summed E-state index contributed by atoms with van der Waals surface area (Å²) in [5.41, 5.74) is 2.58. The number of ketones is 1. The largest absolute Gasteiger partial charge is 0.507 e. The third kappa shape index (κ3) is 5.05. The second-order valence-corrected chi connectivity index (χ2v) is 9.28. The molecule has 9 heteroatoms. The lowest BCUT2D eigenvalue weighted by Crippen LogP contribution is -2.29. The number of benzene rings is 3. The molecule has 37 heavy (non-hydrogen) atoms. The molecule has 1 saturated heterocycles.